The molecule has 0 aromatic rings. The maximum Gasteiger partial charge on any atom is 0.222 e. The molecule has 2 heterocycles. The van der Waals surface area contributed by atoms with Gasteiger partial charge in [-0.3, -0.25) is 9.59 Å². The molecule has 2 aliphatic rings. The summed E-state index contributed by atoms with van der Waals surface area (Å²) < 4.78 is 5.26. The first-order valence-corrected chi connectivity index (χ1v) is 7.76. The molecule has 0 N–H and O–H groups in total. The summed E-state index contributed by atoms with van der Waals surface area (Å²) in [5.41, 5.74) is 0.236. The van der Waals surface area contributed by atoms with Crippen LogP contribution in [0, 0.1) is 17.3 Å². The monoisotopic (exact) mass is 281 g/mol. The van der Waals surface area contributed by atoms with Crippen LogP contribution in [0.5, 0.6) is 0 Å². The van der Waals surface area contributed by atoms with E-state index in [1.807, 2.05) is 0 Å². The summed E-state index contributed by atoms with van der Waals surface area (Å²) in [6.07, 6.45) is 3.34. The van der Waals surface area contributed by atoms with E-state index in [-0.39, 0.29) is 29.6 Å². The number of nitrogens with zero attached hydrogens (tertiary/aromatic N) is 1. The largest absolute Gasteiger partial charge is 0.381 e. The lowest BCUT2D eigenvalue weighted by molar-refractivity contribution is -0.136. The molecule has 2 fully saturated rings. The minimum atomic E-state index is 0.00414. The van der Waals surface area contributed by atoms with Crippen molar-refractivity contribution in [1.82, 2.24) is 4.90 Å². The van der Waals surface area contributed by atoms with E-state index in [9.17, 15) is 9.59 Å². The van der Waals surface area contributed by atoms with E-state index in [1.165, 1.54) is 0 Å². The molecule has 2 unspecified atom stereocenters. The third kappa shape index (κ3) is 3.81. The van der Waals surface area contributed by atoms with Gasteiger partial charge in [0.2, 0.25) is 5.91 Å². The van der Waals surface area contributed by atoms with E-state index < -0.39 is 0 Å². The van der Waals surface area contributed by atoms with E-state index in [1.54, 1.807) is 4.90 Å². The van der Waals surface area contributed by atoms with Crippen molar-refractivity contribution in [2.75, 3.05) is 26.3 Å². The van der Waals surface area contributed by atoms with Crippen LogP contribution >= 0.6 is 0 Å². The summed E-state index contributed by atoms with van der Waals surface area (Å²) in [7, 11) is 0. The smallest absolute Gasteiger partial charge is 0.222 e. The number of hydrogen-bond donors (Lipinski definition) is 0. The fourth-order valence-electron chi connectivity index (χ4n) is 3.18. The number of likely N-dealkylation sites (tertiary alicyclic amines) is 1. The van der Waals surface area contributed by atoms with Crippen LogP contribution in [0.4, 0.5) is 0 Å². The van der Waals surface area contributed by atoms with Crippen LogP contribution < -0.4 is 0 Å². The zero-order valence-electron chi connectivity index (χ0n) is 13.0. The zero-order valence-corrected chi connectivity index (χ0v) is 13.0. The van der Waals surface area contributed by atoms with Crippen molar-refractivity contribution >= 4 is 11.7 Å². The van der Waals surface area contributed by atoms with E-state index in [0.29, 0.717) is 25.6 Å². The van der Waals surface area contributed by atoms with Crippen LogP contribution in [0.2, 0.25) is 0 Å². The standard InChI is InChI=1S/C16H27NO3/c1-16(2,3)13-4-5-15(19)17(8-6-13)10-14(18)12-7-9-20-11-12/h12-13H,4-11H2,1-3H3. The van der Waals surface area contributed by atoms with E-state index in [0.717, 1.165) is 25.8 Å². The van der Waals surface area contributed by atoms with Gasteiger partial charge in [0.15, 0.2) is 5.78 Å². The van der Waals surface area contributed by atoms with Gasteiger partial charge in [-0.15, -0.1) is 0 Å². The minimum Gasteiger partial charge on any atom is -0.381 e. The molecular weight excluding hydrogens is 254 g/mol. The maximum absolute atomic E-state index is 12.2. The molecule has 2 aliphatic heterocycles. The van der Waals surface area contributed by atoms with Crippen molar-refractivity contribution in [1.29, 1.82) is 0 Å². The van der Waals surface area contributed by atoms with Gasteiger partial charge >= 0.3 is 0 Å². The van der Waals surface area contributed by atoms with Gasteiger partial charge in [-0.25, -0.2) is 0 Å². The maximum atomic E-state index is 12.2. The number of amides is 1. The van der Waals surface area contributed by atoms with E-state index in [4.69, 9.17) is 4.74 Å². The second kappa shape index (κ2) is 6.25. The molecule has 114 valence electrons. The molecule has 2 saturated heterocycles. The van der Waals surface area contributed by atoms with Gasteiger partial charge in [-0.05, 0) is 30.6 Å². The lowest BCUT2D eigenvalue weighted by atomic mass is 9.77. The number of hydrogen-bond acceptors (Lipinski definition) is 3. The van der Waals surface area contributed by atoms with Crippen molar-refractivity contribution in [3.05, 3.63) is 0 Å². The topological polar surface area (TPSA) is 46.6 Å². The molecule has 0 aliphatic carbocycles. The molecule has 2 atom stereocenters. The Labute approximate surface area is 121 Å². The minimum absolute atomic E-state index is 0.00414. The fraction of sp³-hybridized carbons (Fsp3) is 0.875. The second-order valence-electron chi connectivity index (χ2n) is 7.23. The third-order valence-electron chi connectivity index (χ3n) is 4.76. The Morgan fingerprint density at radius 3 is 2.65 bits per heavy atom. The predicted octanol–water partition coefficient (Wildman–Crippen LogP) is 2.27. The number of rotatable bonds is 3. The molecule has 4 heteroatoms. The van der Waals surface area contributed by atoms with Gasteiger partial charge in [-0.2, -0.15) is 0 Å². The number of Topliss-reactive ketones (excluding diaryl/α,β-unsaturated/α-hetero) is 1. The molecule has 0 radical (unpaired) electrons. The van der Waals surface area contributed by atoms with Crippen molar-refractivity contribution in [2.24, 2.45) is 17.3 Å². The van der Waals surface area contributed by atoms with Crippen LogP contribution in [-0.2, 0) is 14.3 Å². The Hall–Kier alpha value is -0.900. The molecule has 0 spiro atoms. The highest BCUT2D eigenvalue weighted by Gasteiger charge is 2.32. The van der Waals surface area contributed by atoms with Crippen LogP contribution in [0.3, 0.4) is 0 Å². The first-order chi connectivity index (χ1) is 9.38. The zero-order chi connectivity index (χ0) is 14.8. The summed E-state index contributed by atoms with van der Waals surface area (Å²) in [5, 5.41) is 0. The Bertz CT molecular complexity index is 366. The van der Waals surface area contributed by atoms with Gasteiger partial charge in [0.25, 0.3) is 0 Å². The van der Waals surface area contributed by atoms with Gasteiger partial charge < -0.3 is 9.64 Å². The first kappa shape index (κ1) is 15.5. The molecule has 2 rings (SSSR count). The van der Waals surface area contributed by atoms with Gasteiger partial charge in [0.1, 0.15) is 0 Å². The second-order valence-corrected chi connectivity index (χ2v) is 7.23. The average Bonchev–Trinajstić information content (AvgIpc) is 2.82. The highest BCUT2D eigenvalue weighted by molar-refractivity contribution is 5.88. The summed E-state index contributed by atoms with van der Waals surface area (Å²) in [6, 6.07) is 0. The number of ether oxygens (including phenoxy) is 1. The molecule has 0 aromatic carbocycles. The van der Waals surface area contributed by atoms with Crippen molar-refractivity contribution in [2.45, 2.75) is 46.5 Å². The van der Waals surface area contributed by atoms with E-state index >= 15 is 0 Å². The Morgan fingerprint density at radius 2 is 2.05 bits per heavy atom. The average molecular weight is 281 g/mol. The van der Waals surface area contributed by atoms with Gasteiger partial charge in [0.05, 0.1) is 13.2 Å². The number of carbonyl (C=O) groups excluding carboxylic acids is 2. The highest BCUT2D eigenvalue weighted by Crippen LogP contribution is 2.34. The normalized spacial score (nSPS) is 28.6. The van der Waals surface area contributed by atoms with Crippen LogP contribution in [-0.4, -0.2) is 42.9 Å². The van der Waals surface area contributed by atoms with Gasteiger partial charge in [-0.1, -0.05) is 20.8 Å². The van der Waals surface area contributed by atoms with Crippen molar-refractivity contribution in [3.8, 4) is 0 Å². The Kier molecular flexibility index (Phi) is 4.84. The summed E-state index contributed by atoms with van der Waals surface area (Å²) in [4.78, 5) is 26.1. The SMILES string of the molecule is CC(C)(C)C1CCC(=O)N(CC(=O)C2CCOC2)CC1. The number of ketones is 1. The number of carbonyl (C=O) groups is 2. The molecule has 0 saturated carbocycles. The Morgan fingerprint density at radius 1 is 1.30 bits per heavy atom. The Balaban J connectivity index is 1.91. The molecular formula is C16H27NO3. The summed E-state index contributed by atoms with van der Waals surface area (Å²) in [6.45, 7) is 8.92. The molecule has 4 nitrogen and oxygen atoms in total. The first-order valence-electron chi connectivity index (χ1n) is 7.76. The summed E-state index contributed by atoms with van der Waals surface area (Å²) >= 11 is 0. The van der Waals surface area contributed by atoms with Crippen LogP contribution in [0.1, 0.15) is 46.5 Å². The van der Waals surface area contributed by atoms with Crippen LogP contribution in [0.25, 0.3) is 0 Å². The lowest BCUT2D eigenvalue weighted by Gasteiger charge is -2.29. The molecule has 1 amide bonds. The lowest BCUT2D eigenvalue weighted by Crippen LogP contribution is -2.37. The fourth-order valence-corrected chi connectivity index (χ4v) is 3.18. The van der Waals surface area contributed by atoms with Crippen LogP contribution in [0.15, 0.2) is 0 Å². The third-order valence-corrected chi connectivity index (χ3v) is 4.76. The highest BCUT2D eigenvalue weighted by atomic mass is 16.5. The quantitative estimate of drug-likeness (QED) is 0.797. The van der Waals surface area contributed by atoms with Crippen molar-refractivity contribution < 1.29 is 14.3 Å². The molecule has 0 aromatic heterocycles. The van der Waals surface area contributed by atoms with E-state index in [2.05, 4.69) is 20.8 Å². The van der Waals surface area contributed by atoms with Gasteiger partial charge in [0, 0.05) is 25.5 Å². The van der Waals surface area contributed by atoms with Crippen molar-refractivity contribution in [3.63, 3.8) is 0 Å². The molecule has 20 heavy (non-hydrogen) atoms. The predicted molar refractivity (Wildman–Crippen MR) is 77.3 cm³/mol. The summed E-state index contributed by atoms with van der Waals surface area (Å²) in [5.74, 6) is 0.875. The molecule has 0 bridgehead atoms.